The van der Waals surface area contributed by atoms with Crippen molar-refractivity contribution in [3.8, 4) is 0 Å². The zero-order valence-electron chi connectivity index (χ0n) is 18.9. The first-order valence-electron chi connectivity index (χ1n) is 10.7. The van der Waals surface area contributed by atoms with Crippen molar-refractivity contribution in [3.63, 3.8) is 0 Å². The number of carbonyl (C=O) groups is 5. The van der Waals surface area contributed by atoms with E-state index in [9.17, 15) is 34.2 Å². The molecule has 5 amide bonds. The van der Waals surface area contributed by atoms with E-state index in [0.717, 1.165) is 4.90 Å². The van der Waals surface area contributed by atoms with E-state index >= 15 is 0 Å². The minimum Gasteiger partial charge on any atom is -0.394 e. The van der Waals surface area contributed by atoms with E-state index in [2.05, 4.69) is 10.6 Å². The molecule has 1 unspecified atom stereocenters. The van der Waals surface area contributed by atoms with E-state index in [1.807, 2.05) is 0 Å². The number of rotatable bonds is 3. The van der Waals surface area contributed by atoms with Crippen LogP contribution in [0.1, 0.15) is 39.0 Å². The fraction of sp³-hybridized carbons (Fsp3) is 0.737. The number of hydrazine groups is 1. The Morgan fingerprint density at radius 2 is 1.82 bits per heavy atom. The number of primary amides is 1. The fourth-order valence-corrected chi connectivity index (χ4v) is 3.45. The van der Waals surface area contributed by atoms with Gasteiger partial charge in [-0.15, -0.1) is 0 Å². The molecule has 33 heavy (non-hydrogen) atoms. The smallest absolute Gasteiger partial charge is 0.262 e. The number of hydrogen-bond acceptors (Lipinski definition) is 9. The third-order valence-corrected chi connectivity index (χ3v) is 5.44. The topological polar surface area (TPSA) is 234 Å². The Hall–Kier alpha value is -2.81. The number of hydrogen-bond donors (Lipinski definition) is 7. The second kappa shape index (κ2) is 13.0. The summed E-state index contributed by atoms with van der Waals surface area (Å²) in [5.41, 5.74) is 11.2. The lowest BCUT2D eigenvalue weighted by Gasteiger charge is -2.35. The van der Waals surface area contributed by atoms with Crippen LogP contribution in [0.25, 0.3) is 0 Å². The zero-order chi connectivity index (χ0) is 25.3. The molecule has 0 aliphatic carbocycles. The normalized spacial score (nSPS) is 28.4. The largest absolute Gasteiger partial charge is 0.394 e. The molecule has 0 aromatic heterocycles. The van der Waals surface area contributed by atoms with Crippen molar-refractivity contribution < 1.29 is 34.2 Å². The van der Waals surface area contributed by atoms with Gasteiger partial charge in [0.1, 0.15) is 18.1 Å². The van der Waals surface area contributed by atoms with Crippen molar-refractivity contribution in [2.75, 3.05) is 20.2 Å². The molecule has 5 atom stereocenters. The maximum absolute atomic E-state index is 13.0. The van der Waals surface area contributed by atoms with Crippen molar-refractivity contribution in [1.82, 2.24) is 20.5 Å². The van der Waals surface area contributed by atoms with Crippen molar-refractivity contribution in [3.05, 3.63) is 0 Å². The van der Waals surface area contributed by atoms with Gasteiger partial charge in [-0.05, 0) is 32.6 Å². The number of aliphatic hydroxyl groups excluding tert-OH is 2. The van der Waals surface area contributed by atoms with Crippen molar-refractivity contribution in [2.45, 2.75) is 69.3 Å². The lowest BCUT2D eigenvalue weighted by atomic mass is 10.0. The van der Waals surface area contributed by atoms with Gasteiger partial charge in [0, 0.05) is 20.0 Å². The van der Waals surface area contributed by atoms with Gasteiger partial charge >= 0.3 is 0 Å². The molecule has 0 saturated carbocycles. The summed E-state index contributed by atoms with van der Waals surface area (Å²) in [6.45, 7) is 0.646. The number of nitrogens with two attached hydrogens (primary N) is 3. The highest BCUT2D eigenvalue weighted by Gasteiger charge is 2.39. The van der Waals surface area contributed by atoms with Gasteiger partial charge in [-0.3, -0.25) is 29.0 Å². The summed E-state index contributed by atoms with van der Waals surface area (Å²) in [7, 11) is 1.22. The van der Waals surface area contributed by atoms with Crippen LogP contribution in [0, 0.1) is 0 Å². The van der Waals surface area contributed by atoms with Gasteiger partial charge in [0.05, 0.1) is 18.8 Å². The molecule has 0 spiro atoms. The van der Waals surface area contributed by atoms with Gasteiger partial charge in [-0.2, -0.15) is 0 Å². The monoisotopic (exact) mass is 473 g/mol. The number of amides is 5. The number of aliphatic hydroxyl groups is 2. The molecular weight excluding hydrogens is 438 g/mol. The Kier molecular flexibility index (Phi) is 11.1. The van der Waals surface area contributed by atoms with Crippen molar-refractivity contribution in [2.24, 2.45) is 17.3 Å². The Labute approximate surface area is 191 Å². The van der Waals surface area contributed by atoms with Gasteiger partial charge in [0.15, 0.2) is 0 Å². The first kappa shape index (κ1) is 28.2. The molecule has 0 aromatic carbocycles. The first-order valence-corrected chi connectivity index (χ1v) is 10.7. The van der Waals surface area contributed by atoms with Gasteiger partial charge in [-0.25, -0.2) is 5.84 Å². The van der Waals surface area contributed by atoms with Crippen LogP contribution in [-0.2, 0) is 24.0 Å². The average Bonchev–Trinajstić information content (AvgIpc) is 2.75. The maximum atomic E-state index is 13.0. The number of nitrogens with zero attached hydrogens (tertiary/aromatic N) is 2. The molecule has 1 saturated heterocycles. The van der Waals surface area contributed by atoms with E-state index in [0.29, 0.717) is 24.4 Å². The van der Waals surface area contributed by atoms with Crippen LogP contribution in [0.4, 0.5) is 0 Å². The van der Waals surface area contributed by atoms with Gasteiger partial charge in [0.2, 0.25) is 23.6 Å². The van der Waals surface area contributed by atoms with E-state index < -0.39 is 60.5 Å². The molecule has 1 rings (SSSR count). The summed E-state index contributed by atoms with van der Waals surface area (Å²) in [5, 5.41) is 25.3. The summed E-state index contributed by atoms with van der Waals surface area (Å²) >= 11 is 0. The van der Waals surface area contributed by atoms with Crippen molar-refractivity contribution >= 4 is 29.5 Å². The minimum absolute atomic E-state index is 0.00646. The molecule has 0 bridgehead atoms. The Bertz CT molecular complexity index is 733. The Morgan fingerprint density at radius 3 is 2.36 bits per heavy atom. The van der Waals surface area contributed by atoms with Gasteiger partial charge < -0.3 is 37.2 Å². The lowest BCUT2D eigenvalue weighted by molar-refractivity contribution is -0.154. The molecule has 0 radical (unpaired) electrons. The zero-order valence-corrected chi connectivity index (χ0v) is 18.9. The average molecular weight is 474 g/mol. The predicted octanol–water partition coefficient (Wildman–Crippen LogP) is -4.36. The lowest BCUT2D eigenvalue weighted by Crippen LogP contribution is -2.64. The molecular formula is C19H35N7O7. The molecule has 1 heterocycles. The maximum Gasteiger partial charge on any atom is 0.262 e. The van der Waals surface area contributed by atoms with Crippen molar-refractivity contribution in [1.29, 1.82) is 0 Å². The van der Waals surface area contributed by atoms with Gasteiger partial charge in [-0.1, -0.05) is 0 Å². The molecule has 1 aliphatic heterocycles. The number of likely N-dealkylation sites (N-methyl/N-ethyl adjacent to an activating group) is 1. The summed E-state index contributed by atoms with van der Waals surface area (Å²) in [6, 6.07) is -5.38. The highest BCUT2D eigenvalue weighted by Crippen LogP contribution is 2.12. The highest BCUT2D eigenvalue weighted by molar-refractivity contribution is 5.94. The summed E-state index contributed by atoms with van der Waals surface area (Å²) in [5.74, 6) is 1.93. The third-order valence-electron chi connectivity index (χ3n) is 5.44. The molecule has 14 nitrogen and oxygen atoms in total. The van der Waals surface area contributed by atoms with Crippen LogP contribution in [0.5, 0.6) is 0 Å². The SMILES string of the molecule is CC(O)[C@H]1C(=O)N(N)[C@@H](CO)C(=O)N[C@H](C(N)=O)CCCCNC(=O)CC[C@H](N)C(=O)N1C. The number of nitrogens with one attached hydrogen (secondary N) is 2. The molecule has 0 aromatic rings. The summed E-state index contributed by atoms with van der Waals surface area (Å²) < 4.78 is 0. The quantitative estimate of drug-likeness (QED) is 0.155. The van der Waals surface area contributed by atoms with E-state index in [4.69, 9.17) is 17.3 Å². The molecule has 10 N–H and O–H groups in total. The van der Waals surface area contributed by atoms with Crippen LogP contribution < -0.4 is 27.9 Å². The molecule has 1 fully saturated rings. The van der Waals surface area contributed by atoms with E-state index in [-0.39, 0.29) is 25.2 Å². The van der Waals surface area contributed by atoms with Crippen LogP contribution in [0.3, 0.4) is 0 Å². The summed E-state index contributed by atoms with van der Waals surface area (Å²) in [6.07, 6.45) is -0.390. The highest BCUT2D eigenvalue weighted by atomic mass is 16.3. The predicted molar refractivity (Wildman–Crippen MR) is 115 cm³/mol. The summed E-state index contributed by atoms with van der Waals surface area (Å²) in [4.78, 5) is 63.0. The second-order valence-electron chi connectivity index (χ2n) is 8.03. The molecule has 14 heteroatoms. The Balaban J connectivity index is 3.24. The molecule has 1 aliphatic rings. The third kappa shape index (κ3) is 7.92. The van der Waals surface area contributed by atoms with E-state index in [1.54, 1.807) is 0 Å². The van der Waals surface area contributed by atoms with Crippen LogP contribution in [-0.4, -0.2) is 100 Å². The standard InChI is InChI=1S/C19H35N7O7/c1-10(28)15-19(33)26(22)13(9-27)17(31)24-12(16(21)30)5-3-4-8-23-14(29)7-6-11(20)18(32)25(15)2/h10-13,15,27-28H,3-9,20,22H2,1-2H3,(H2,21,30)(H,23,29)(H,24,31)/t10?,11-,12-,13-,15-/m0/s1. The minimum atomic E-state index is -1.61. The first-order chi connectivity index (χ1) is 15.4. The van der Waals surface area contributed by atoms with Crippen LogP contribution in [0.2, 0.25) is 0 Å². The number of carbonyl (C=O) groups excluding carboxylic acids is 5. The fourth-order valence-electron chi connectivity index (χ4n) is 3.45. The van der Waals surface area contributed by atoms with Crippen LogP contribution >= 0.6 is 0 Å². The molecule has 188 valence electrons. The van der Waals surface area contributed by atoms with Gasteiger partial charge in [0.25, 0.3) is 5.91 Å². The van der Waals surface area contributed by atoms with E-state index in [1.165, 1.54) is 14.0 Å². The Morgan fingerprint density at radius 1 is 1.18 bits per heavy atom. The second-order valence-corrected chi connectivity index (χ2v) is 8.03. The van der Waals surface area contributed by atoms with Crippen LogP contribution in [0.15, 0.2) is 0 Å².